The Bertz CT molecular complexity index is 1740. The molecule has 3 aromatic rings. The lowest BCUT2D eigenvalue weighted by Crippen LogP contribution is -2.62. The highest BCUT2D eigenvalue weighted by atomic mass is 79.9. The maximum absolute atomic E-state index is 9.53. The van der Waals surface area contributed by atoms with Crippen molar-refractivity contribution in [2.75, 3.05) is 13.2 Å². The predicted octanol–water partition coefficient (Wildman–Crippen LogP) is 7.84. The third-order valence-corrected chi connectivity index (χ3v) is 11.8. The van der Waals surface area contributed by atoms with Gasteiger partial charge in [-0.3, -0.25) is 0 Å². The topological polar surface area (TPSA) is 141 Å². The second-order valence-electron chi connectivity index (χ2n) is 15.7. The normalized spacial score (nSPS) is 36.2. The fraction of sp³-hybridized carbons (Fsp3) is 0.581. The van der Waals surface area contributed by atoms with Gasteiger partial charge in [0.1, 0.15) is 29.4 Å². The van der Waals surface area contributed by atoms with Crippen LogP contribution < -0.4 is 0 Å². The second-order valence-corrected chi connectivity index (χ2v) is 16.6. The lowest BCUT2D eigenvalue weighted by molar-refractivity contribution is -0.338. The summed E-state index contributed by atoms with van der Waals surface area (Å²) in [5.41, 5.74) is 12.7. The number of nitrogens with zero attached hydrogens (tertiary/aromatic N) is 3. The molecule has 0 amide bonds. The van der Waals surface area contributed by atoms with Crippen LogP contribution in [0, 0.1) is 11.8 Å². The summed E-state index contributed by atoms with van der Waals surface area (Å²) >= 11 is 3.71. The summed E-state index contributed by atoms with van der Waals surface area (Å²) in [5, 5.41) is 3.58. The van der Waals surface area contributed by atoms with Gasteiger partial charge in [0.05, 0.1) is 63.5 Å². The van der Waals surface area contributed by atoms with E-state index in [1.165, 1.54) is 0 Å². The van der Waals surface area contributed by atoms with E-state index in [4.69, 9.17) is 47.4 Å². The molecule has 0 N–H and O–H groups in total. The predicted molar refractivity (Wildman–Crippen MR) is 213 cm³/mol. The molecule has 7 rings (SSSR count). The summed E-state index contributed by atoms with van der Waals surface area (Å²) in [6, 6.07) is 29.5. The van der Waals surface area contributed by atoms with Crippen LogP contribution in [0.3, 0.4) is 0 Å². The van der Waals surface area contributed by atoms with Gasteiger partial charge in [-0.15, -0.1) is 0 Å². The monoisotopic (exact) mass is 851 g/mol. The van der Waals surface area contributed by atoms with Gasteiger partial charge in [-0.05, 0) is 48.9 Å². The minimum atomic E-state index is -0.944. The molecule has 0 saturated carbocycles. The molecule has 4 aliphatic heterocycles. The van der Waals surface area contributed by atoms with Crippen LogP contribution in [0.25, 0.3) is 10.4 Å². The number of hydrogen-bond donors (Lipinski definition) is 0. The molecule has 308 valence electrons. The number of rotatable bonds is 15. The maximum atomic E-state index is 9.53. The van der Waals surface area contributed by atoms with Crippen LogP contribution in [0.5, 0.6) is 0 Å². The Labute approximate surface area is 343 Å². The standard InChI is InChI=1S/C43H54BrN3O10/c1-26-34(46-47-45)32(24-48-21-29-15-9-6-10-16-29)53-40(44)36(26)54-42-39-38(56-43(4,5)57-39)37(28(3)52-42)55-41-27(2)35(50-23-31-19-13-8-14-20-31)33(25-51-41)49-22-30-17-11-7-12-18-30/h6-20,26-28,32-42H,21-25H2,1-5H3/t26?,27?,28?,32?,33-,34-,35?,36?,37+,38?,39?,40+,41+,42+/m1/s1. The van der Waals surface area contributed by atoms with Gasteiger partial charge in [0, 0.05) is 10.8 Å². The van der Waals surface area contributed by atoms with E-state index in [1.807, 2.05) is 119 Å². The van der Waals surface area contributed by atoms with Crippen LogP contribution in [0.1, 0.15) is 51.3 Å². The van der Waals surface area contributed by atoms with Crippen molar-refractivity contribution < 1.29 is 47.4 Å². The number of benzene rings is 3. The lowest BCUT2D eigenvalue weighted by atomic mass is 9.89. The van der Waals surface area contributed by atoms with Gasteiger partial charge >= 0.3 is 0 Å². The summed E-state index contributed by atoms with van der Waals surface area (Å²) in [5.74, 6) is -1.43. The van der Waals surface area contributed by atoms with Crippen LogP contribution in [0.15, 0.2) is 96.1 Å². The number of fused-ring (bicyclic) bond motifs is 1. The molecule has 0 aliphatic carbocycles. The van der Waals surface area contributed by atoms with Crippen molar-refractivity contribution in [1.29, 1.82) is 0 Å². The number of alkyl halides is 1. The van der Waals surface area contributed by atoms with E-state index in [9.17, 15) is 5.53 Å². The van der Waals surface area contributed by atoms with Gasteiger partial charge in [0.25, 0.3) is 0 Å². The minimum absolute atomic E-state index is 0.213. The first-order valence-corrected chi connectivity index (χ1v) is 20.7. The molecule has 0 spiro atoms. The minimum Gasteiger partial charge on any atom is -0.374 e. The average Bonchev–Trinajstić information content (AvgIpc) is 3.55. The van der Waals surface area contributed by atoms with E-state index in [1.54, 1.807) is 0 Å². The van der Waals surface area contributed by atoms with E-state index in [-0.39, 0.29) is 37.3 Å². The van der Waals surface area contributed by atoms with Crippen molar-refractivity contribution in [3.05, 3.63) is 118 Å². The third kappa shape index (κ3) is 10.4. The summed E-state index contributed by atoms with van der Waals surface area (Å²) < 4.78 is 64.9. The summed E-state index contributed by atoms with van der Waals surface area (Å²) in [4.78, 5) is 3.15. The summed E-state index contributed by atoms with van der Waals surface area (Å²) in [6.07, 6.45) is -5.45. The molecule has 4 fully saturated rings. The van der Waals surface area contributed by atoms with Crippen molar-refractivity contribution >= 4 is 15.9 Å². The molecule has 13 nitrogen and oxygen atoms in total. The van der Waals surface area contributed by atoms with Crippen LogP contribution >= 0.6 is 15.9 Å². The quantitative estimate of drug-likeness (QED) is 0.0643. The molecule has 14 atom stereocenters. The smallest absolute Gasteiger partial charge is 0.187 e. The molecule has 4 aliphatic rings. The zero-order valence-corrected chi connectivity index (χ0v) is 34.7. The van der Waals surface area contributed by atoms with Crippen LogP contribution in [-0.2, 0) is 67.2 Å². The first kappa shape index (κ1) is 42.2. The van der Waals surface area contributed by atoms with Gasteiger partial charge in [-0.2, -0.15) is 0 Å². The fourth-order valence-electron chi connectivity index (χ4n) is 8.09. The summed E-state index contributed by atoms with van der Waals surface area (Å²) in [6.45, 7) is 11.5. The second kappa shape index (κ2) is 19.4. The zero-order valence-electron chi connectivity index (χ0n) is 33.1. The van der Waals surface area contributed by atoms with Gasteiger partial charge in [0.2, 0.25) is 0 Å². The largest absolute Gasteiger partial charge is 0.374 e. The van der Waals surface area contributed by atoms with Gasteiger partial charge in [-0.25, -0.2) is 0 Å². The zero-order chi connectivity index (χ0) is 39.9. The van der Waals surface area contributed by atoms with Crippen LogP contribution in [0.2, 0.25) is 0 Å². The van der Waals surface area contributed by atoms with Crippen molar-refractivity contribution in [2.24, 2.45) is 17.0 Å². The van der Waals surface area contributed by atoms with E-state index < -0.39 is 66.0 Å². The molecule has 8 unspecified atom stereocenters. The molecule has 57 heavy (non-hydrogen) atoms. The van der Waals surface area contributed by atoms with E-state index in [0.717, 1.165) is 16.7 Å². The Hall–Kier alpha value is -2.95. The highest BCUT2D eigenvalue weighted by Gasteiger charge is 2.58. The molecular weight excluding hydrogens is 798 g/mol. The lowest BCUT2D eigenvalue weighted by Gasteiger charge is -2.48. The highest BCUT2D eigenvalue weighted by Crippen LogP contribution is 2.43. The van der Waals surface area contributed by atoms with Crippen LogP contribution in [-0.4, -0.2) is 91.5 Å². The Balaban J connectivity index is 1.02. The highest BCUT2D eigenvalue weighted by molar-refractivity contribution is 9.09. The van der Waals surface area contributed by atoms with E-state index >= 15 is 0 Å². The van der Waals surface area contributed by atoms with Crippen LogP contribution in [0.4, 0.5) is 0 Å². The molecule has 4 heterocycles. The number of halogens is 1. The van der Waals surface area contributed by atoms with Gasteiger partial charge < -0.3 is 47.4 Å². The van der Waals surface area contributed by atoms with Crippen molar-refractivity contribution in [3.63, 3.8) is 0 Å². The first-order valence-electron chi connectivity index (χ1n) is 19.8. The number of hydrogen-bond acceptors (Lipinski definition) is 11. The number of azide groups is 1. The molecule has 3 aromatic carbocycles. The van der Waals surface area contributed by atoms with Gasteiger partial charge in [0.15, 0.2) is 18.4 Å². The maximum Gasteiger partial charge on any atom is 0.187 e. The average molecular weight is 853 g/mol. The fourth-order valence-corrected chi connectivity index (χ4v) is 8.97. The molecular formula is C43H54BrN3O10. The van der Waals surface area contributed by atoms with Crippen molar-refractivity contribution in [3.8, 4) is 0 Å². The Morgan fingerprint density at radius 1 is 0.719 bits per heavy atom. The van der Waals surface area contributed by atoms with Gasteiger partial charge in [-0.1, -0.05) is 126 Å². The number of ether oxygens (including phenoxy) is 10. The van der Waals surface area contributed by atoms with Crippen molar-refractivity contribution in [2.45, 2.75) is 133 Å². The molecule has 0 radical (unpaired) electrons. The Morgan fingerprint density at radius 3 is 1.93 bits per heavy atom. The molecule has 0 bridgehead atoms. The Morgan fingerprint density at radius 2 is 1.30 bits per heavy atom. The summed E-state index contributed by atoms with van der Waals surface area (Å²) in [7, 11) is 0. The molecule has 0 aromatic heterocycles. The first-order chi connectivity index (χ1) is 27.6. The van der Waals surface area contributed by atoms with E-state index in [2.05, 4.69) is 32.9 Å². The SMILES string of the molecule is CC1C(OCc2ccccc2)[C@H](OCc2ccccc2)CO[C@H]1O[C@H]1C(C)O[C@@H](OC2C(C)[C@@H](N=[N+]=[N-])C(COCc3ccccc3)O[C@@H]2Br)C2OC(C)(C)OC21. The third-order valence-electron chi connectivity index (χ3n) is 11.1. The van der Waals surface area contributed by atoms with Crippen molar-refractivity contribution in [1.82, 2.24) is 0 Å². The molecule has 14 heteroatoms. The van der Waals surface area contributed by atoms with E-state index in [0.29, 0.717) is 19.8 Å². The Kier molecular flexibility index (Phi) is 14.4. The molecule has 4 saturated heterocycles.